The highest BCUT2D eigenvalue weighted by atomic mass is 16.6. The summed E-state index contributed by atoms with van der Waals surface area (Å²) in [4.78, 5) is 22.0. The number of carboxylic acids is 1. The zero-order chi connectivity index (χ0) is 9.14. The monoisotopic (exact) mass is 175 g/mol. The highest BCUT2D eigenvalue weighted by Crippen LogP contribution is 2.03. The number of rotatable bonds is 3. The Balaban J connectivity index is 2.40. The van der Waals surface area contributed by atoms with E-state index in [1.54, 1.807) is 0 Å². The Labute approximate surface area is 68.3 Å². The number of aliphatic carboxylic acids is 1. The number of aliphatic hydroxyl groups excluding tert-OH is 1. The average Bonchev–Trinajstić information content (AvgIpc) is 2.36. The fraction of sp³-hybridized carbons (Fsp3) is 0.667. The van der Waals surface area contributed by atoms with E-state index >= 15 is 0 Å². The fourth-order valence-corrected chi connectivity index (χ4v) is 0.878. The van der Waals surface area contributed by atoms with Crippen molar-refractivity contribution < 1.29 is 24.5 Å². The third-order valence-corrected chi connectivity index (χ3v) is 1.52. The molecule has 1 fully saturated rings. The molecule has 0 radical (unpaired) electrons. The van der Waals surface area contributed by atoms with Crippen LogP contribution >= 0.6 is 0 Å². The smallest absolute Gasteiger partial charge is 0.410 e. The number of carbonyl (C=O) groups excluding carboxylic acids is 1. The summed E-state index contributed by atoms with van der Waals surface area (Å²) in [5, 5.41) is 17.2. The number of carbonyl (C=O) groups is 2. The van der Waals surface area contributed by atoms with Crippen LogP contribution in [0.5, 0.6) is 0 Å². The minimum Gasteiger partial charge on any atom is -0.479 e. The highest BCUT2D eigenvalue weighted by molar-refractivity contribution is 5.74. The minimum atomic E-state index is -1.53. The van der Waals surface area contributed by atoms with Crippen LogP contribution in [0.4, 0.5) is 4.79 Å². The topological polar surface area (TPSA) is 87.1 Å². The predicted octanol–water partition coefficient (Wildman–Crippen LogP) is -1.12. The quantitative estimate of drug-likeness (QED) is 0.567. The van der Waals surface area contributed by atoms with Gasteiger partial charge in [0.2, 0.25) is 0 Å². The normalized spacial score (nSPS) is 19.1. The molecule has 0 aromatic carbocycles. The van der Waals surface area contributed by atoms with E-state index in [0.29, 0.717) is 6.54 Å². The molecule has 1 heterocycles. The Morgan fingerprint density at radius 3 is 2.83 bits per heavy atom. The first-order valence-corrected chi connectivity index (χ1v) is 3.44. The number of amides is 1. The lowest BCUT2D eigenvalue weighted by molar-refractivity contribution is -0.147. The number of aliphatic hydroxyl groups is 1. The summed E-state index contributed by atoms with van der Waals surface area (Å²) in [5.74, 6) is -1.34. The van der Waals surface area contributed by atoms with Crippen molar-refractivity contribution in [2.45, 2.75) is 6.10 Å². The maximum Gasteiger partial charge on any atom is 0.410 e. The summed E-state index contributed by atoms with van der Waals surface area (Å²) in [6.07, 6.45) is -2.11. The average molecular weight is 175 g/mol. The lowest BCUT2D eigenvalue weighted by Gasteiger charge is -2.13. The first kappa shape index (κ1) is 8.79. The molecular weight excluding hydrogens is 166 g/mol. The molecule has 0 aromatic heterocycles. The van der Waals surface area contributed by atoms with E-state index in [9.17, 15) is 9.59 Å². The standard InChI is InChI=1S/C6H9NO5/c8-4(5(9)10)3-7-1-2-12-6(7)11/h4,8H,1-3H2,(H,9,10). The van der Waals surface area contributed by atoms with Gasteiger partial charge < -0.3 is 19.8 Å². The van der Waals surface area contributed by atoms with Crippen LogP contribution in [0.25, 0.3) is 0 Å². The van der Waals surface area contributed by atoms with Crippen molar-refractivity contribution in [3.05, 3.63) is 0 Å². The van der Waals surface area contributed by atoms with Crippen molar-refractivity contribution in [3.63, 3.8) is 0 Å². The van der Waals surface area contributed by atoms with E-state index in [-0.39, 0.29) is 13.2 Å². The van der Waals surface area contributed by atoms with Crippen LogP contribution < -0.4 is 0 Å². The second-order valence-corrected chi connectivity index (χ2v) is 2.41. The maximum atomic E-state index is 10.7. The van der Waals surface area contributed by atoms with Gasteiger partial charge in [0.1, 0.15) is 6.61 Å². The molecule has 68 valence electrons. The van der Waals surface area contributed by atoms with E-state index in [4.69, 9.17) is 10.2 Å². The lowest BCUT2D eigenvalue weighted by Crippen LogP contribution is -2.37. The molecule has 0 saturated carbocycles. The van der Waals surface area contributed by atoms with Crippen LogP contribution in [0.2, 0.25) is 0 Å². The first-order valence-electron chi connectivity index (χ1n) is 3.44. The summed E-state index contributed by atoms with van der Waals surface area (Å²) >= 11 is 0. The summed E-state index contributed by atoms with van der Waals surface area (Å²) in [5.41, 5.74) is 0. The van der Waals surface area contributed by atoms with Crippen LogP contribution in [0.1, 0.15) is 0 Å². The number of cyclic esters (lactones) is 1. The van der Waals surface area contributed by atoms with Crippen LogP contribution in [-0.2, 0) is 9.53 Å². The van der Waals surface area contributed by atoms with Gasteiger partial charge in [-0.3, -0.25) is 0 Å². The number of hydrogen-bond acceptors (Lipinski definition) is 4. The molecule has 1 aliphatic rings. The summed E-state index contributed by atoms with van der Waals surface area (Å²) in [7, 11) is 0. The molecule has 0 bridgehead atoms. The Kier molecular flexibility index (Phi) is 2.49. The van der Waals surface area contributed by atoms with Gasteiger partial charge in [0.25, 0.3) is 0 Å². The molecule has 6 heteroatoms. The maximum absolute atomic E-state index is 10.7. The number of ether oxygens (including phenoxy) is 1. The summed E-state index contributed by atoms with van der Waals surface area (Å²) < 4.78 is 4.53. The van der Waals surface area contributed by atoms with E-state index in [1.807, 2.05) is 0 Å². The lowest BCUT2D eigenvalue weighted by atomic mass is 10.3. The number of hydrogen-bond donors (Lipinski definition) is 2. The van der Waals surface area contributed by atoms with Gasteiger partial charge in [0.05, 0.1) is 13.1 Å². The molecule has 1 rings (SSSR count). The Hall–Kier alpha value is -1.30. The Bertz CT molecular complexity index is 204. The van der Waals surface area contributed by atoms with Crippen LogP contribution in [0.3, 0.4) is 0 Å². The van der Waals surface area contributed by atoms with Crippen molar-refractivity contribution >= 4 is 12.1 Å². The van der Waals surface area contributed by atoms with Gasteiger partial charge in [-0.25, -0.2) is 9.59 Å². The molecule has 1 amide bonds. The molecule has 1 aliphatic heterocycles. The first-order chi connectivity index (χ1) is 5.61. The van der Waals surface area contributed by atoms with Crippen molar-refractivity contribution in [1.82, 2.24) is 4.90 Å². The summed E-state index contributed by atoms with van der Waals surface area (Å²) in [6.45, 7) is 0.377. The van der Waals surface area contributed by atoms with E-state index in [2.05, 4.69) is 4.74 Å². The number of β-amino-alcohol motifs (C(OH)–C–C–N with tert-alkyl or cyclic N) is 1. The van der Waals surface area contributed by atoms with E-state index < -0.39 is 18.2 Å². The third-order valence-electron chi connectivity index (χ3n) is 1.52. The van der Waals surface area contributed by atoms with Gasteiger partial charge in [-0.1, -0.05) is 0 Å². The fourth-order valence-electron chi connectivity index (χ4n) is 0.878. The zero-order valence-electron chi connectivity index (χ0n) is 6.27. The Morgan fingerprint density at radius 1 is 1.75 bits per heavy atom. The van der Waals surface area contributed by atoms with Gasteiger partial charge in [-0.05, 0) is 0 Å². The van der Waals surface area contributed by atoms with Crippen molar-refractivity contribution in [2.24, 2.45) is 0 Å². The van der Waals surface area contributed by atoms with E-state index in [0.717, 1.165) is 4.90 Å². The van der Waals surface area contributed by atoms with Crippen LogP contribution in [0.15, 0.2) is 0 Å². The summed E-state index contributed by atoms with van der Waals surface area (Å²) in [6, 6.07) is 0. The molecule has 1 unspecified atom stereocenters. The van der Waals surface area contributed by atoms with Crippen molar-refractivity contribution in [1.29, 1.82) is 0 Å². The van der Waals surface area contributed by atoms with Gasteiger partial charge in [-0.2, -0.15) is 0 Å². The molecule has 1 saturated heterocycles. The SMILES string of the molecule is O=C(O)C(O)CN1CCOC1=O. The highest BCUT2D eigenvalue weighted by Gasteiger charge is 2.26. The number of nitrogens with zero attached hydrogens (tertiary/aromatic N) is 1. The second kappa shape index (κ2) is 3.40. The third kappa shape index (κ3) is 1.85. The zero-order valence-corrected chi connectivity index (χ0v) is 6.27. The molecule has 6 nitrogen and oxygen atoms in total. The van der Waals surface area contributed by atoms with Gasteiger partial charge in [0.15, 0.2) is 6.10 Å². The Morgan fingerprint density at radius 2 is 2.42 bits per heavy atom. The van der Waals surface area contributed by atoms with Crippen molar-refractivity contribution in [3.8, 4) is 0 Å². The molecule has 12 heavy (non-hydrogen) atoms. The van der Waals surface area contributed by atoms with Crippen molar-refractivity contribution in [2.75, 3.05) is 19.7 Å². The second-order valence-electron chi connectivity index (χ2n) is 2.41. The molecule has 0 aromatic rings. The molecular formula is C6H9NO5. The predicted molar refractivity (Wildman–Crippen MR) is 36.6 cm³/mol. The van der Waals surface area contributed by atoms with E-state index in [1.165, 1.54) is 0 Å². The molecule has 0 aliphatic carbocycles. The van der Waals surface area contributed by atoms with Gasteiger partial charge in [-0.15, -0.1) is 0 Å². The largest absolute Gasteiger partial charge is 0.479 e. The number of carboxylic acid groups (broad SMARTS) is 1. The van der Waals surface area contributed by atoms with Crippen LogP contribution in [-0.4, -0.2) is 53.0 Å². The minimum absolute atomic E-state index is 0.214. The van der Waals surface area contributed by atoms with Gasteiger partial charge >= 0.3 is 12.1 Å². The van der Waals surface area contributed by atoms with Crippen LogP contribution in [0, 0.1) is 0 Å². The van der Waals surface area contributed by atoms with Gasteiger partial charge in [0, 0.05) is 0 Å². The molecule has 1 atom stereocenters. The molecule has 2 N–H and O–H groups in total. The molecule has 0 spiro atoms.